The maximum atomic E-state index is 2.84. The van der Waals surface area contributed by atoms with Gasteiger partial charge in [0, 0.05) is 0 Å². The third-order valence-corrected chi connectivity index (χ3v) is 152. The van der Waals surface area contributed by atoms with Gasteiger partial charge in [-0.1, -0.05) is 184 Å². The first-order chi connectivity index (χ1) is 16.2. The molecule has 0 aliphatic carbocycles. The number of hydrogen-bond acceptors (Lipinski definition) is 0. The zero-order valence-electron chi connectivity index (χ0n) is 30.8. The molecule has 1 fully saturated rings. The zero-order chi connectivity index (χ0) is 28.9. The average Bonchev–Trinajstić information content (AvgIpc) is 2.63. The van der Waals surface area contributed by atoms with Crippen molar-refractivity contribution >= 4 is 44.1 Å². The normalized spacial score (nSPS) is 22.2. The fraction of sp³-hybridized carbons (Fsp3) is 1.00. The molecule has 0 N–H and O–H groups in total. The molecule has 0 saturated carbocycles. The third-order valence-electron chi connectivity index (χ3n) is 11.5. The molecule has 1 aliphatic heterocycles. The van der Waals surface area contributed by atoms with Crippen LogP contribution in [-0.2, 0) is 0 Å². The first-order valence-corrected chi connectivity index (χ1v) is 33.7. The van der Waals surface area contributed by atoms with E-state index >= 15 is 0 Å². The SMILES string of the molecule is CC(C)[Si-](C(C)C)[Si](C(C)C)(C(C)C)[Si]1(C(C)C)[Si-](C(C)C)[Si](C(C)C)(C(C)C)[Si]1(C(C)C)C(C)C.[Li+].[Li+]. The molecule has 216 valence electrons. The zero-order valence-corrected chi connectivity index (χ0v) is 36.8. The molecule has 0 aromatic rings. The van der Waals surface area contributed by atoms with Crippen LogP contribution in [0.3, 0.4) is 0 Å². The molecular weight excluding hydrogens is 543 g/mol. The van der Waals surface area contributed by atoms with Crippen molar-refractivity contribution in [2.24, 2.45) is 0 Å². The Labute approximate surface area is 273 Å². The topological polar surface area (TPSA) is 0 Å². The predicted molar refractivity (Wildman–Crippen MR) is 186 cm³/mol. The van der Waals surface area contributed by atoms with Gasteiger partial charge in [0.2, 0.25) is 0 Å². The van der Waals surface area contributed by atoms with Crippen LogP contribution in [0.5, 0.6) is 0 Å². The van der Waals surface area contributed by atoms with Gasteiger partial charge in [-0.15, -0.1) is 13.7 Å². The Kier molecular flexibility index (Phi) is 16.8. The summed E-state index contributed by atoms with van der Waals surface area (Å²) in [5.74, 6) is 0. The van der Waals surface area contributed by atoms with E-state index in [0.29, 0.717) is 0 Å². The summed E-state index contributed by atoms with van der Waals surface area (Å²) in [5.41, 5.74) is 9.64. The minimum Gasteiger partial charge on any atom is -0.259 e. The van der Waals surface area contributed by atoms with E-state index in [1.807, 2.05) is 0 Å². The largest absolute Gasteiger partial charge is 1.00 e. The van der Waals surface area contributed by atoms with Gasteiger partial charge in [0.25, 0.3) is 0 Å². The summed E-state index contributed by atoms with van der Waals surface area (Å²) >= 11 is 0. The summed E-state index contributed by atoms with van der Waals surface area (Å²) in [6, 6.07) is 0. The molecule has 0 aromatic carbocycles. The van der Waals surface area contributed by atoms with E-state index in [4.69, 9.17) is 0 Å². The van der Waals surface area contributed by atoms with Gasteiger partial charge in [-0.25, -0.2) is 0 Å². The van der Waals surface area contributed by atoms with Crippen LogP contribution in [0.15, 0.2) is 0 Å². The van der Waals surface area contributed by atoms with E-state index in [-0.39, 0.29) is 45.6 Å². The summed E-state index contributed by atoms with van der Waals surface area (Å²) in [5, 5.41) is 0. The van der Waals surface area contributed by atoms with Crippen molar-refractivity contribution in [3.63, 3.8) is 0 Å². The van der Waals surface area contributed by atoms with Crippen LogP contribution in [0.1, 0.15) is 138 Å². The average molecular weight is 613 g/mol. The van der Waals surface area contributed by atoms with Crippen molar-refractivity contribution < 1.29 is 37.7 Å². The summed E-state index contributed by atoms with van der Waals surface area (Å²) in [6.07, 6.45) is 0. The molecule has 0 bridgehead atoms. The molecule has 1 aliphatic rings. The first kappa shape index (κ1) is 42.6. The Morgan fingerprint density at radius 2 is 0.789 bits per heavy atom. The summed E-state index contributed by atoms with van der Waals surface area (Å²) < 4.78 is 0. The van der Waals surface area contributed by atoms with E-state index < -0.39 is 36.3 Å². The summed E-state index contributed by atoms with van der Waals surface area (Å²) in [4.78, 5) is 0. The first-order valence-electron chi connectivity index (χ1n) is 15.9. The maximum absolute atomic E-state index is 2.84. The van der Waals surface area contributed by atoms with Gasteiger partial charge in [-0.2, -0.15) is 16.6 Å². The number of rotatable bonds is 12. The van der Waals surface area contributed by atoms with E-state index in [1.165, 1.54) is 0 Å². The molecule has 1 rings (SSSR count). The molecule has 1 atom stereocenters. The van der Waals surface area contributed by atoms with Crippen LogP contribution < -0.4 is 37.7 Å². The van der Waals surface area contributed by atoms with Crippen molar-refractivity contribution in [1.29, 1.82) is 0 Å². The smallest absolute Gasteiger partial charge is 0.259 e. The Balaban J connectivity index is 0. The van der Waals surface area contributed by atoms with E-state index in [0.717, 1.165) is 55.4 Å². The molecule has 0 radical (unpaired) electrons. The van der Waals surface area contributed by atoms with Crippen molar-refractivity contribution in [1.82, 2.24) is 0 Å². The minimum atomic E-state index is -1.62. The van der Waals surface area contributed by atoms with Crippen LogP contribution >= 0.6 is 0 Å². The monoisotopic (exact) mass is 612 g/mol. The fourth-order valence-electron chi connectivity index (χ4n) is 12.7. The molecule has 1 unspecified atom stereocenters. The predicted octanol–water partition coefficient (Wildman–Crippen LogP) is 5.36. The van der Waals surface area contributed by atoms with Crippen LogP contribution in [0, 0.1) is 0 Å². The quantitative estimate of drug-likeness (QED) is 0.260. The molecule has 0 amide bonds. The second kappa shape index (κ2) is 15.0. The van der Waals surface area contributed by atoms with Crippen LogP contribution in [0.25, 0.3) is 0 Å². The molecular formula is C30H70Li2Si6. The van der Waals surface area contributed by atoms with Crippen LogP contribution in [0.2, 0.25) is 55.4 Å². The van der Waals surface area contributed by atoms with Crippen molar-refractivity contribution in [3.05, 3.63) is 0 Å². The van der Waals surface area contributed by atoms with Crippen LogP contribution in [-0.4, -0.2) is 44.1 Å². The number of hydrogen-bond donors (Lipinski definition) is 0. The van der Waals surface area contributed by atoms with Gasteiger partial charge in [0.05, 0.1) is 0 Å². The molecule has 0 nitrogen and oxygen atoms in total. The molecule has 0 aromatic heterocycles. The molecule has 8 heteroatoms. The standard InChI is InChI=1S/C30H70Si6.2Li/c1-21(2)31(22(3)4)33(24(7)8,25(9)10)36(30(19)20)32(23(5)6)34(26(11)12,27(13)14)35(36,28(15)16)29(17)18;;/h21-30H,1-20H3;;/q-2;2*+1. The van der Waals surface area contributed by atoms with Gasteiger partial charge in [0.1, 0.15) is 0 Å². The Morgan fingerprint density at radius 3 is 0.947 bits per heavy atom. The van der Waals surface area contributed by atoms with Gasteiger partial charge in [-0.05, 0) is 7.11 Å². The maximum Gasteiger partial charge on any atom is 1.00 e. The molecule has 38 heavy (non-hydrogen) atoms. The fourth-order valence-corrected chi connectivity index (χ4v) is 271. The summed E-state index contributed by atoms with van der Waals surface area (Å²) in [6.45, 7) is 53.8. The second-order valence-electron chi connectivity index (χ2n) is 15.8. The van der Waals surface area contributed by atoms with E-state index in [2.05, 4.69) is 138 Å². The van der Waals surface area contributed by atoms with Gasteiger partial charge in [-0.3, -0.25) is 16.1 Å². The minimum absolute atomic E-state index is 0. The Hall–Kier alpha value is 2.50. The van der Waals surface area contributed by atoms with Gasteiger partial charge in [0.15, 0.2) is 0 Å². The van der Waals surface area contributed by atoms with E-state index in [9.17, 15) is 0 Å². The van der Waals surface area contributed by atoms with Gasteiger partial charge >= 0.3 is 37.7 Å². The van der Waals surface area contributed by atoms with Gasteiger partial charge < -0.3 is 0 Å². The van der Waals surface area contributed by atoms with Crippen molar-refractivity contribution in [3.8, 4) is 0 Å². The third kappa shape index (κ3) is 5.25. The van der Waals surface area contributed by atoms with Crippen molar-refractivity contribution in [2.45, 2.75) is 194 Å². The molecule has 0 spiro atoms. The molecule has 1 heterocycles. The Morgan fingerprint density at radius 1 is 0.474 bits per heavy atom. The van der Waals surface area contributed by atoms with Crippen molar-refractivity contribution in [2.75, 3.05) is 0 Å². The Bertz CT molecular complexity index is 664. The second-order valence-corrected chi connectivity index (χ2v) is 73.4. The van der Waals surface area contributed by atoms with Crippen LogP contribution in [0.4, 0.5) is 0 Å². The van der Waals surface area contributed by atoms with E-state index in [1.54, 1.807) is 0 Å². The summed E-state index contributed by atoms with van der Waals surface area (Å²) in [7, 11) is -5.50. The molecule has 1 saturated heterocycles.